The molecule has 1 aromatic heterocycles. The van der Waals surface area contributed by atoms with Crippen LogP contribution in [0, 0.1) is 9.39 Å². The van der Waals surface area contributed by atoms with Crippen molar-refractivity contribution in [3.63, 3.8) is 0 Å². The number of nitrogens with zero attached hydrogens (tertiary/aromatic N) is 3. The van der Waals surface area contributed by atoms with Gasteiger partial charge in [0.2, 0.25) is 0 Å². The second-order valence-corrected chi connectivity index (χ2v) is 7.83. The molecule has 3 aromatic carbocycles. The summed E-state index contributed by atoms with van der Waals surface area (Å²) in [6.45, 7) is 0. The van der Waals surface area contributed by atoms with Crippen molar-refractivity contribution in [2.45, 2.75) is 0 Å². The molecular weight excluding hydrogens is 510 g/mol. The molecule has 0 amide bonds. The normalized spacial score (nSPS) is 11.0. The summed E-state index contributed by atoms with van der Waals surface area (Å²) >= 11 is 2.23. The summed E-state index contributed by atoms with van der Waals surface area (Å²) in [6.07, 6.45) is 3.37. The van der Waals surface area contributed by atoms with Gasteiger partial charge in [-0.05, 0) is 71.1 Å². The van der Waals surface area contributed by atoms with Gasteiger partial charge in [0, 0.05) is 20.9 Å². The summed E-state index contributed by atoms with van der Waals surface area (Å²) in [6, 6.07) is 20.6. The predicted octanol–water partition coefficient (Wildman–Crippen LogP) is 5.43. The molecular formula is C23H16FIN4O2. The summed E-state index contributed by atoms with van der Waals surface area (Å²) in [5.41, 5.74) is 6.19. The molecule has 1 heterocycles. The molecule has 2 N–H and O–H groups in total. The first-order valence-corrected chi connectivity index (χ1v) is 10.3. The lowest BCUT2D eigenvalue weighted by atomic mass is 10.1. The van der Waals surface area contributed by atoms with Gasteiger partial charge in [0.15, 0.2) is 0 Å². The number of carboxylic acid groups (broad SMARTS) is 1. The van der Waals surface area contributed by atoms with Crippen LogP contribution in [0.2, 0.25) is 0 Å². The Hall–Kier alpha value is -3.53. The predicted molar refractivity (Wildman–Crippen MR) is 126 cm³/mol. The van der Waals surface area contributed by atoms with Crippen LogP contribution in [0.4, 0.5) is 10.1 Å². The van der Waals surface area contributed by atoms with E-state index in [4.69, 9.17) is 5.11 Å². The van der Waals surface area contributed by atoms with E-state index < -0.39 is 11.8 Å². The van der Waals surface area contributed by atoms with E-state index in [1.54, 1.807) is 47.4 Å². The van der Waals surface area contributed by atoms with Crippen LogP contribution in [0.1, 0.15) is 15.9 Å². The van der Waals surface area contributed by atoms with Crippen LogP contribution >= 0.6 is 22.6 Å². The Balaban J connectivity index is 1.70. The third kappa shape index (κ3) is 4.80. The topological polar surface area (TPSA) is 79.5 Å². The molecule has 0 saturated heterocycles. The highest BCUT2D eigenvalue weighted by Gasteiger charge is 2.12. The number of anilines is 1. The van der Waals surface area contributed by atoms with Crippen molar-refractivity contribution in [3.05, 3.63) is 99.5 Å². The van der Waals surface area contributed by atoms with Gasteiger partial charge in [-0.15, -0.1) is 0 Å². The number of carbonyl (C=O) groups is 1. The maximum Gasteiger partial charge on any atom is 0.335 e. The fraction of sp³-hybridized carbons (Fsp3) is 0. The van der Waals surface area contributed by atoms with Gasteiger partial charge in [-0.25, -0.2) is 13.9 Å². The van der Waals surface area contributed by atoms with Crippen molar-refractivity contribution in [3.8, 4) is 16.9 Å². The lowest BCUT2D eigenvalue weighted by molar-refractivity contribution is 0.0697. The Morgan fingerprint density at radius 3 is 2.45 bits per heavy atom. The van der Waals surface area contributed by atoms with Crippen LogP contribution in [0.15, 0.2) is 84.1 Å². The van der Waals surface area contributed by atoms with Gasteiger partial charge in [-0.2, -0.15) is 10.2 Å². The maximum absolute atomic E-state index is 13.8. The van der Waals surface area contributed by atoms with E-state index >= 15 is 0 Å². The zero-order valence-electron chi connectivity index (χ0n) is 16.0. The van der Waals surface area contributed by atoms with Crippen molar-refractivity contribution < 1.29 is 14.3 Å². The number of rotatable bonds is 6. The van der Waals surface area contributed by atoms with Crippen molar-refractivity contribution in [1.29, 1.82) is 0 Å². The minimum Gasteiger partial charge on any atom is -0.478 e. The van der Waals surface area contributed by atoms with Crippen LogP contribution < -0.4 is 5.43 Å². The molecule has 0 atom stereocenters. The van der Waals surface area contributed by atoms with Gasteiger partial charge >= 0.3 is 5.97 Å². The minimum atomic E-state index is -0.987. The van der Waals surface area contributed by atoms with E-state index in [2.05, 4.69) is 38.2 Å². The molecule has 0 saturated carbocycles. The molecule has 0 bridgehead atoms. The van der Waals surface area contributed by atoms with Crippen LogP contribution in [0.3, 0.4) is 0 Å². The number of hydrogen-bond acceptors (Lipinski definition) is 4. The summed E-state index contributed by atoms with van der Waals surface area (Å²) in [5.74, 6) is -1.38. The van der Waals surface area contributed by atoms with E-state index in [-0.39, 0.29) is 11.3 Å². The van der Waals surface area contributed by atoms with E-state index in [0.717, 1.165) is 9.13 Å². The van der Waals surface area contributed by atoms with Gasteiger partial charge in [0.05, 0.1) is 23.2 Å². The number of para-hydroxylation sites is 1. The molecule has 4 aromatic rings. The molecule has 6 nitrogen and oxygen atoms in total. The molecule has 31 heavy (non-hydrogen) atoms. The van der Waals surface area contributed by atoms with Gasteiger partial charge in [0.25, 0.3) is 0 Å². The van der Waals surface area contributed by atoms with Crippen molar-refractivity contribution >= 4 is 40.5 Å². The standard InChI is InChI=1S/C23H16FIN4O2/c24-20-3-1-2-4-21(20)27-26-13-17-14-29(19-11-7-16(8-12-19)23(30)31)28-22(17)15-5-9-18(25)10-6-15/h1-14,27H,(H,30,31)/b26-13+. The number of nitrogens with one attached hydrogen (secondary N) is 1. The Labute approximate surface area is 191 Å². The number of aromatic nitrogens is 2. The number of hydrogen-bond donors (Lipinski definition) is 2. The monoisotopic (exact) mass is 526 g/mol. The smallest absolute Gasteiger partial charge is 0.335 e. The quantitative estimate of drug-likeness (QED) is 0.200. The highest BCUT2D eigenvalue weighted by Crippen LogP contribution is 2.24. The fourth-order valence-corrected chi connectivity index (χ4v) is 3.29. The van der Waals surface area contributed by atoms with E-state index in [1.807, 2.05) is 24.3 Å². The maximum atomic E-state index is 13.8. The fourth-order valence-electron chi connectivity index (χ4n) is 2.93. The zero-order chi connectivity index (χ0) is 21.8. The molecule has 0 aliphatic carbocycles. The molecule has 0 radical (unpaired) electrons. The summed E-state index contributed by atoms with van der Waals surface area (Å²) in [7, 11) is 0. The average molecular weight is 526 g/mol. The largest absolute Gasteiger partial charge is 0.478 e. The molecule has 0 fully saturated rings. The summed E-state index contributed by atoms with van der Waals surface area (Å²) in [5, 5.41) is 17.9. The summed E-state index contributed by atoms with van der Waals surface area (Å²) < 4.78 is 16.6. The van der Waals surface area contributed by atoms with Gasteiger partial charge < -0.3 is 5.11 Å². The molecule has 8 heteroatoms. The van der Waals surface area contributed by atoms with Gasteiger partial charge in [-0.1, -0.05) is 24.3 Å². The number of benzene rings is 3. The molecule has 4 rings (SSSR count). The first kappa shape index (κ1) is 20.7. The first-order chi connectivity index (χ1) is 15.0. The van der Waals surface area contributed by atoms with Crippen molar-refractivity contribution in [2.75, 3.05) is 5.43 Å². The van der Waals surface area contributed by atoms with Crippen LogP contribution in [0.5, 0.6) is 0 Å². The zero-order valence-corrected chi connectivity index (χ0v) is 18.2. The second kappa shape index (κ2) is 9.09. The highest BCUT2D eigenvalue weighted by molar-refractivity contribution is 14.1. The average Bonchev–Trinajstić information content (AvgIpc) is 3.20. The van der Waals surface area contributed by atoms with Crippen molar-refractivity contribution in [2.24, 2.45) is 5.10 Å². The van der Waals surface area contributed by atoms with E-state index in [9.17, 15) is 9.18 Å². The number of hydrazone groups is 1. The van der Waals surface area contributed by atoms with Gasteiger partial charge in [-0.3, -0.25) is 5.43 Å². The number of halogens is 2. The van der Waals surface area contributed by atoms with Crippen LogP contribution in [-0.4, -0.2) is 27.1 Å². The SMILES string of the molecule is O=C(O)c1ccc(-n2cc(/C=N/Nc3ccccc3F)c(-c3ccc(I)cc3)n2)cc1. The van der Waals surface area contributed by atoms with Crippen LogP contribution in [-0.2, 0) is 0 Å². The Morgan fingerprint density at radius 2 is 1.77 bits per heavy atom. The minimum absolute atomic E-state index is 0.199. The Morgan fingerprint density at radius 1 is 1.06 bits per heavy atom. The highest BCUT2D eigenvalue weighted by atomic mass is 127. The van der Waals surface area contributed by atoms with Gasteiger partial charge in [0.1, 0.15) is 11.5 Å². The first-order valence-electron chi connectivity index (χ1n) is 9.24. The van der Waals surface area contributed by atoms with Crippen LogP contribution in [0.25, 0.3) is 16.9 Å². The molecule has 0 spiro atoms. The molecule has 0 aliphatic heterocycles. The third-order valence-corrected chi connectivity index (χ3v) is 5.22. The Kier molecular flexibility index (Phi) is 6.08. The lowest BCUT2D eigenvalue weighted by Crippen LogP contribution is -1.99. The van der Waals surface area contributed by atoms with Crippen molar-refractivity contribution in [1.82, 2.24) is 9.78 Å². The number of carboxylic acids is 1. The summed E-state index contributed by atoms with van der Waals surface area (Å²) in [4.78, 5) is 11.1. The number of aromatic carboxylic acids is 1. The second-order valence-electron chi connectivity index (χ2n) is 6.59. The van der Waals surface area contributed by atoms with E-state index in [1.165, 1.54) is 18.2 Å². The molecule has 154 valence electrons. The lowest BCUT2D eigenvalue weighted by Gasteiger charge is -2.02. The molecule has 0 aliphatic rings. The molecule has 0 unspecified atom stereocenters. The third-order valence-electron chi connectivity index (χ3n) is 4.50. The van der Waals surface area contributed by atoms with E-state index in [0.29, 0.717) is 16.9 Å². The Bertz CT molecular complexity index is 1250.